The van der Waals surface area contributed by atoms with Crippen molar-refractivity contribution in [1.29, 1.82) is 0 Å². The number of rotatable bonds is 6. The smallest absolute Gasteiger partial charge is 0.238 e. The molecular weight excluding hydrogens is 484 g/mol. The topological polar surface area (TPSA) is 209 Å². The lowest BCUT2D eigenvalue weighted by molar-refractivity contribution is -0.277. The highest BCUT2D eigenvalue weighted by molar-refractivity contribution is 5.93. The fraction of sp³-hybridized carbons (Fsp3) is 0.348. The van der Waals surface area contributed by atoms with Crippen LogP contribution in [0.25, 0.3) is 22.3 Å². The molecule has 0 radical (unpaired) electrons. The summed E-state index contributed by atoms with van der Waals surface area (Å²) in [5.41, 5.74) is -1.21. The molecule has 1 saturated heterocycles. The Kier molecular flexibility index (Phi) is 6.84. The molecule has 2 heterocycles. The molecule has 5 atom stereocenters. The number of aromatic hydroxyl groups is 3. The van der Waals surface area contributed by atoms with Gasteiger partial charge in [0.05, 0.1) is 20.8 Å². The Bertz CT molecular complexity index is 1330. The van der Waals surface area contributed by atoms with Crippen LogP contribution in [0.1, 0.15) is 0 Å². The molecule has 13 heteroatoms. The maximum absolute atomic E-state index is 12.9. The number of ether oxygens (including phenoxy) is 4. The molecule has 0 spiro atoms. The van der Waals surface area contributed by atoms with Gasteiger partial charge in [-0.3, -0.25) is 4.79 Å². The van der Waals surface area contributed by atoms with E-state index in [9.17, 15) is 40.5 Å². The van der Waals surface area contributed by atoms with Crippen LogP contribution in [0.2, 0.25) is 0 Å². The van der Waals surface area contributed by atoms with Gasteiger partial charge in [0, 0.05) is 11.6 Å². The van der Waals surface area contributed by atoms with E-state index in [4.69, 9.17) is 23.4 Å². The molecule has 0 amide bonds. The van der Waals surface area contributed by atoms with E-state index < -0.39 is 59.6 Å². The van der Waals surface area contributed by atoms with Crippen molar-refractivity contribution in [2.45, 2.75) is 30.7 Å². The molecule has 2 unspecified atom stereocenters. The summed E-state index contributed by atoms with van der Waals surface area (Å²) in [5, 5.41) is 70.1. The molecule has 36 heavy (non-hydrogen) atoms. The molecule has 7 N–H and O–H groups in total. The van der Waals surface area contributed by atoms with Gasteiger partial charge in [0.1, 0.15) is 35.6 Å². The van der Waals surface area contributed by atoms with Gasteiger partial charge in [0.2, 0.25) is 23.2 Å². The van der Waals surface area contributed by atoms with Crippen molar-refractivity contribution in [3.05, 3.63) is 34.5 Å². The first kappa shape index (κ1) is 25.3. The van der Waals surface area contributed by atoms with Gasteiger partial charge in [0.15, 0.2) is 28.6 Å². The number of hydrogen-bond donors (Lipinski definition) is 7. The van der Waals surface area contributed by atoms with Gasteiger partial charge in [-0.1, -0.05) is 0 Å². The van der Waals surface area contributed by atoms with Crippen molar-refractivity contribution in [2.75, 3.05) is 20.8 Å². The molecule has 13 nitrogen and oxygen atoms in total. The zero-order valence-electron chi connectivity index (χ0n) is 19.0. The Morgan fingerprint density at radius 3 is 2.28 bits per heavy atom. The third-order valence-corrected chi connectivity index (χ3v) is 5.78. The van der Waals surface area contributed by atoms with E-state index in [-0.39, 0.29) is 39.9 Å². The average molecular weight is 508 g/mol. The van der Waals surface area contributed by atoms with Gasteiger partial charge in [-0.25, -0.2) is 0 Å². The van der Waals surface area contributed by atoms with Gasteiger partial charge in [-0.2, -0.15) is 0 Å². The second kappa shape index (κ2) is 9.72. The molecule has 0 bridgehead atoms. The Morgan fingerprint density at radius 2 is 1.64 bits per heavy atom. The number of fused-ring (bicyclic) bond motifs is 1. The summed E-state index contributed by atoms with van der Waals surface area (Å²) in [6, 6.07) is 4.86. The summed E-state index contributed by atoms with van der Waals surface area (Å²) in [6.45, 7) is -0.696. The normalized spacial score (nSPS) is 24.0. The van der Waals surface area contributed by atoms with Crippen LogP contribution in [0.5, 0.6) is 34.5 Å². The highest BCUT2D eigenvalue weighted by Gasteiger charge is 2.45. The lowest BCUT2D eigenvalue weighted by Gasteiger charge is -2.39. The van der Waals surface area contributed by atoms with Crippen LogP contribution >= 0.6 is 0 Å². The van der Waals surface area contributed by atoms with Crippen molar-refractivity contribution >= 4 is 11.0 Å². The molecular formula is C23H24O13. The first-order chi connectivity index (χ1) is 17.1. The number of methoxy groups -OCH3 is 2. The lowest BCUT2D eigenvalue weighted by Crippen LogP contribution is -2.60. The minimum Gasteiger partial charge on any atom is -0.507 e. The zero-order valence-corrected chi connectivity index (χ0v) is 19.0. The molecule has 1 aromatic heterocycles. The number of phenols is 2. The summed E-state index contributed by atoms with van der Waals surface area (Å²) in [6.07, 6.45) is -8.01. The van der Waals surface area contributed by atoms with E-state index in [2.05, 4.69) is 0 Å². The molecule has 2 aromatic carbocycles. The number of aliphatic hydroxyl groups is 4. The Hall–Kier alpha value is -3.75. The highest BCUT2D eigenvalue weighted by atomic mass is 16.7. The highest BCUT2D eigenvalue weighted by Crippen LogP contribution is 2.44. The maximum Gasteiger partial charge on any atom is 0.238 e. The number of aliphatic hydroxyl groups excluding tert-OH is 4. The summed E-state index contributed by atoms with van der Waals surface area (Å²) >= 11 is 0. The molecule has 194 valence electrons. The monoisotopic (exact) mass is 508 g/mol. The van der Waals surface area contributed by atoms with Crippen LogP contribution < -0.4 is 19.6 Å². The van der Waals surface area contributed by atoms with E-state index in [1.807, 2.05) is 0 Å². The average Bonchev–Trinajstić information content (AvgIpc) is 2.86. The van der Waals surface area contributed by atoms with Gasteiger partial charge in [-0.15, -0.1) is 0 Å². The van der Waals surface area contributed by atoms with Crippen molar-refractivity contribution in [3.63, 3.8) is 0 Å². The fourth-order valence-corrected chi connectivity index (χ4v) is 3.88. The summed E-state index contributed by atoms with van der Waals surface area (Å²) in [4.78, 5) is 12.9. The SMILES string of the molecule is COc1cc(-c2oc3c(OC)c(O[C@@H]4OC(CO)[C@H](O)[C@H](O)C4O)cc(O)c3c(=O)c2O)ccc1O. The third kappa shape index (κ3) is 4.12. The summed E-state index contributed by atoms with van der Waals surface area (Å²) < 4.78 is 27.0. The Morgan fingerprint density at radius 1 is 0.917 bits per heavy atom. The van der Waals surface area contributed by atoms with E-state index in [1.54, 1.807) is 0 Å². The minimum atomic E-state index is -1.77. The first-order valence-corrected chi connectivity index (χ1v) is 10.6. The van der Waals surface area contributed by atoms with E-state index in [0.717, 1.165) is 6.07 Å². The van der Waals surface area contributed by atoms with Crippen molar-refractivity contribution in [3.8, 4) is 45.8 Å². The molecule has 3 aromatic rings. The van der Waals surface area contributed by atoms with Crippen LogP contribution in [0.4, 0.5) is 0 Å². The number of benzene rings is 2. The van der Waals surface area contributed by atoms with Crippen LogP contribution in [0.3, 0.4) is 0 Å². The minimum absolute atomic E-state index is 0.0316. The zero-order chi connectivity index (χ0) is 26.3. The third-order valence-electron chi connectivity index (χ3n) is 5.78. The van der Waals surface area contributed by atoms with Gasteiger partial charge >= 0.3 is 0 Å². The van der Waals surface area contributed by atoms with Gasteiger partial charge in [0.25, 0.3) is 0 Å². The quantitative estimate of drug-likeness (QED) is 0.230. The van der Waals surface area contributed by atoms with Gasteiger partial charge in [-0.05, 0) is 18.2 Å². The Balaban J connectivity index is 1.87. The number of hydrogen-bond acceptors (Lipinski definition) is 13. The van der Waals surface area contributed by atoms with E-state index in [0.29, 0.717) is 0 Å². The Labute approximate surface area is 202 Å². The van der Waals surface area contributed by atoms with Crippen molar-refractivity contribution < 1.29 is 59.1 Å². The second-order valence-electron chi connectivity index (χ2n) is 7.94. The largest absolute Gasteiger partial charge is 0.507 e. The fourth-order valence-electron chi connectivity index (χ4n) is 3.88. The van der Waals surface area contributed by atoms with Gasteiger partial charge < -0.3 is 59.1 Å². The maximum atomic E-state index is 12.9. The standard InChI is InChI=1S/C23H24O13/c1-32-11-5-8(3-4-9(11)25)20-18(30)16(28)14-10(26)6-12(21(33-2)22(14)36-20)34-23-19(31)17(29)15(27)13(7-24)35-23/h3-6,13,15,17,19,23-27,29-31H,7H2,1-2H3/t13?,15-,17-,19?,23+/m0/s1. The van der Waals surface area contributed by atoms with Crippen molar-refractivity contribution in [1.82, 2.24) is 0 Å². The van der Waals surface area contributed by atoms with Crippen molar-refractivity contribution in [2.24, 2.45) is 0 Å². The van der Waals surface area contributed by atoms with Crippen LogP contribution in [-0.2, 0) is 4.74 Å². The molecule has 0 aliphatic carbocycles. The van der Waals surface area contributed by atoms with Crippen LogP contribution in [0, 0.1) is 0 Å². The second-order valence-corrected chi connectivity index (χ2v) is 7.94. The summed E-state index contributed by atoms with van der Waals surface area (Å²) in [5.74, 6) is -2.56. The molecule has 4 rings (SSSR count). The molecule has 1 aliphatic rings. The predicted molar refractivity (Wildman–Crippen MR) is 120 cm³/mol. The summed E-state index contributed by atoms with van der Waals surface area (Å²) in [7, 11) is 2.50. The van der Waals surface area contributed by atoms with E-state index in [1.165, 1.54) is 32.4 Å². The first-order valence-electron chi connectivity index (χ1n) is 10.6. The lowest BCUT2D eigenvalue weighted by atomic mass is 9.99. The molecule has 1 aliphatic heterocycles. The van der Waals surface area contributed by atoms with E-state index >= 15 is 0 Å². The molecule has 0 saturated carbocycles. The van der Waals surface area contributed by atoms with Crippen LogP contribution in [0.15, 0.2) is 33.5 Å². The molecule has 1 fully saturated rings. The number of phenolic OH excluding ortho intramolecular Hbond substituents is 2. The predicted octanol–water partition coefficient (Wildman–Crippen LogP) is -0.227. The van der Waals surface area contributed by atoms with Crippen LogP contribution in [-0.4, -0.2) is 87.3 Å².